The molecule has 0 saturated heterocycles. The average molecular weight is 370 g/mol. The predicted octanol–water partition coefficient (Wildman–Crippen LogP) is 4.43. The number of carbonyl (C=O) groups excluding carboxylic acids is 1. The zero-order chi connectivity index (χ0) is 19.6. The van der Waals surface area contributed by atoms with Crippen molar-refractivity contribution >= 4 is 23.4 Å². The van der Waals surface area contributed by atoms with Gasteiger partial charge in [-0.2, -0.15) is 0 Å². The highest BCUT2D eigenvalue weighted by atomic mass is 16.6. The number of nitro groups is 1. The summed E-state index contributed by atoms with van der Waals surface area (Å²) in [6.45, 7) is 4.79. The molecule has 7 nitrogen and oxygen atoms in total. The Kier molecular flexibility index (Phi) is 7.37. The summed E-state index contributed by atoms with van der Waals surface area (Å²) in [5, 5.41) is 13.9. The molecular weight excluding hydrogens is 348 g/mol. The minimum absolute atomic E-state index is 0.127. The largest absolute Gasteiger partial charge is 0.494 e. The fourth-order valence-electron chi connectivity index (χ4n) is 2.27. The van der Waals surface area contributed by atoms with Gasteiger partial charge < -0.3 is 14.8 Å². The summed E-state index contributed by atoms with van der Waals surface area (Å²) >= 11 is 0. The summed E-state index contributed by atoms with van der Waals surface area (Å²) in [5.41, 5.74) is 1.03. The van der Waals surface area contributed by atoms with Gasteiger partial charge in [-0.25, -0.2) is 0 Å². The monoisotopic (exact) mass is 370 g/mol. The molecule has 1 N–H and O–H groups in total. The molecular formula is C20H22N2O5. The zero-order valence-corrected chi connectivity index (χ0v) is 15.3. The minimum atomic E-state index is -0.498. The lowest BCUT2D eigenvalue weighted by molar-refractivity contribution is -0.385. The first-order valence-electron chi connectivity index (χ1n) is 8.66. The number of nitrogens with zero attached hydrogens (tertiary/aromatic N) is 1. The zero-order valence-electron chi connectivity index (χ0n) is 15.3. The SMILES string of the molecule is CCCOc1ccc(/C=C/C(=O)Nc2ccc(OCC)cc2)cc1[N+](=O)[O-]. The first-order valence-corrected chi connectivity index (χ1v) is 8.66. The third-order valence-corrected chi connectivity index (χ3v) is 3.50. The van der Waals surface area contributed by atoms with Crippen LogP contribution in [0, 0.1) is 10.1 Å². The van der Waals surface area contributed by atoms with Gasteiger partial charge in [-0.15, -0.1) is 0 Å². The maximum absolute atomic E-state index is 12.0. The van der Waals surface area contributed by atoms with Gasteiger partial charge in [-0.1, -0.05) is 13.0 Å². The fourth-order valence-corrected chi connectivity index (χ4v) is 2.27. The number of ether oxygens (including phenoxy) is 2. The Labute approximate surface area is 157 Å². The third-order valence-electron chi connectivity index (χ3n) is 3.50. The summed E-state index contributed by atoms with van der Waals surface area (Å²) in [5.74, 6) is 0.606. The molecule has 0 aliphatic rings. The molecule has 0 bridgehead atoms. The van der Waals surface area contributed by atoms with Crippen molar-refractivity contribution in [2.24, 2.45) is 0 Å². The van der Waals surface area contributed by atoms with Gasteiger partial charge in [0.2, 0.25) is 5.91 Å². The molecule has 0 atom stereocenters. The van der Waals surface area contributed by atoms with Crippen molar-refractivity contribution in [1.82, 2.24) is 0 Å². The Bertz CT molecular complexity index is 816. The summed E-state index contributed by atoms with van der Waals surface area (Å²) < 4.78 is 10.7. The van der Waals surface area contributed by atoms with Crippen LogP contribution in [0.25, 0.3) is 6.08 Å². The van der Waals surface area contributed by atoms with Gasteiger partial charge in [0.1, 0.15) is 5.75 Å². The second-order valence-electron chi connectivity index (χ2n) is 5.61. The molecule has 0 spiro atoms. The average Bonchev–Trinajstić information content (AvgIpc) is 2.66. The lowest BCUT2D eigenvalue weighted by Crippen LogP contribution is -2.07. The highest BCUT2D eigenvalue weighted by Crippen LogP contribution is 2.28. The molecule has 0 radical (unpaired) electrons. The van der Waals surface area contributed by atoms with Crippen molar-refractivity contribution in [2.45, 2.75) is 20.3 Å². The molecule has 0 fully saturated rings. The number of carbonyl (C=O) groups is 1. The molecule has 2 rings (SSSR count). The van der Waals surface area contributed by atoms with E-state index in [0.29, 0.717) is 24.5 Å². The first-order chi connectivity index (χ1) is 13.0. The quantitative estimate of drug-likeness (QED) is 0.400. The lowest BCUT2D eigenvalue weighted by atomic mass is 10.1. The smallest absolute Gasteiger partial charge is 0.311 e. The van der Waals surface area contributed by atoms with E-state index in [-0.39, 0.29) is 17.3 Å². The van der Waals surface area contributed by atoms with E-state index in [9.17, 15) is 14.9 Å². The highest BCUT2D eigenvalue weighted by Gasteiger charge is 2.15. The van der Waals surface area contributed by atoms with E-state index >= 15 is 0 Å². The standard InChI is InChI=1S/C20H22N2O5/c1-3-13-27-19-11-5-15(14-18(19)22(24)25)6-12-20(23)21-16-7-9-17(10-8-16)26-4-2/h5-12,14H,3-4,13H2,1-2H3,(H,21,23)/b12-6+. The Hall–Kier alpha value is -3.35. The van der Waals surface area contributed by atoms with Gasteiger partial charge in [0, 0.05) is 17.8 Å². The predicted molar refractivity (Wildman–Crippen MR) is 104 cm³/mol. The van der Waals surface area contributed by atoms with Crippen LogP contribution in [0.1, 0.15) is 25.8 Å². The lowest BCUT2D eigenvalue weighted by Gasteiger charge is -2.06. The number of hydrogen-bond acceptors (Lipinski definition) is 5. The topological polar surface area (TPSA) is 90.7 Å². The van der Waals surface area contributed by atoms with Crippen molar-refractivity contribution in [3.05, 3.63) is 64.2 Å². The van der Waals surface area contributed by atoms with Gasteiger partial charge in [-0.3, -0.25) is 14.9 Å². The second-order valence-corrected chi connectivity index (χ2v) is 5.61. The summed E-state index contributed by atoms with van der Waals surface area (Å²) in [4.78, 5) is 22.7. The molecule has 0 aliphatic carbocycles. The summed E-state index contributed by atoms with van der Waals surface area (Å²) in [6.07, 6.45) is 3.59. The van der Waals surface area contributed by atoms with E-state index < -0.39 is 4.92 Å². The van der Waals surface area contributed by atoms with Crippen molar-refractivity contribution in [1.29, 1.82) is 0 Å². The Morgan fingerprint density at radius 1 is 1.15 bits per heavy atom. The Morgan fingerprint density at radius 2 is 1.89 bits per heavy atom. The highest BCUT2D eigenvalue weighted by molar-refractivity contribution is 6.02. The van der Waals surface area contributed by atoms with Gasteiger partial charge in [0.05, 0.1) is 18.1 Å². The maximum Gasteiger partial charge on any atom is 0.311 e. The summed E-state index contributed by atoms with van der Waals surface area (Å²) in [6, 6.07) is 11.6. The molecule has 2 aromatic rings. The van der Waals surface area contributed by atoms with E-state index in [1.807, 2.05) is 13.8 Å². The number of amides is 1. The van der Waals surface area contributed by atoms with Gasteiger partial charge in [0.15, 0.2) is 5.75 Å². The number of rotatable bonds is 9. The van der Waals surface area contributed by atoms with E-state index in [2.05, 4.69) is 5.32 Å². The van der Waals surface area contributed by atoms with Crippen molar-refractivity contribution in [3.8, 4) is 11.5 Å². The van der Waals surface area contributed by atoms with Crippen LogP contribution in [-0.4, -0.2) is 24.0 Å². The van der Waals surface area contributed by atoms with Crippen molar-refractivity contribution in [2.75, 3.05) is 18.5 Å². The fraction of sp³-hybridized carbons (Fsp3) is 0.250. The van der Waals surface area contributed by atoms with Crippen LogP contribution in [0.3, 0.4) is 0 Å². The van der Waals surface area contributed by atoms with Crippen LogP contribution >= 0.6 is 0 Å². The van der Waals surface area contributed by atoms with Crippen LogP contribution < -0.4 is 14.8 Å². The van der Waals surface area contributed by atoms with Gasteiger partial charge in [-0.05, 0) is 55.3 Å². The van der Waals surface area contributed by atoms with Crippen LogP contribution in [-0.2, 0) is 4.79 Å². The molecule has 27 heavy (non-hydrogen) atoms. The normalized spacial score (nSPS) is 10.6. The molecule has 0 saturated carbocycles. The second kappa shape index (κ2) is 9.96. The van der Waals surface area contributed by atoms with Gasteiger partial charge >= 0.3 is 5.69 Å². The molecule has 2 aromatic carbocycles. The van der Waals surface area contributed by atoms with E-state index in [1.165, 1.54) is 24.3 Å². The maximum atomic E-state index is 12.0. The van der Waals surface area contributed by atoms with Crippen LogP contribution in [0.4, 0.5) is 11.4 Å². The number of benzene rings is 2. The molecule has 0 heterocycles. The Balaban J connectivity index is 2.04. The first kappa shape index (κ1) is 20.0. The van der Waals surface area contributed by atoms with E-state index in [4.69, 9.17) is 9.47 Å². The molecule has 1 amide bonds. The van der Waals surface area contributed by atoms with E-state index in [1.54, 1.807) is 30.3 Å². The molecule has 0 aliphatic heterocycles. The molecule has 7 heteroatoms. The molecule has 0 aromatic heterocycles. The van der Waals surface area contributed by atoms with Gasteiger partial charge in [0.25, 0.3) is 0 Å². The summed E-state index contributed by atoms with van der Waals surface area (Å²) in [7, 11) is 0. The van der Waals surface area contributed by atoms with Crippen molar-refractivity contribution < 1.29 is 19.2 Å². The van der Waals surface area contributed by atoms with Crippen LogP contribution in [0.5, 0.6) is 11.5 Å². The molecule has 142 valence electrons. The van der Waals surface area contributed by atoms with E-state index in [0.717, 1.165) is 12.2 Å². The van der Waals surface area contributed by atoms with Crippen LogP contribution in [0.15, 0.2) is 48.5 Å². The number of nitrogens with one attached hydrogen (secondary N) is 1. The number of anilines is 1. The molecule has 0 unspecified atom stereocenters. The third kappa shape index (κ3) is 6.14. The number of hydrogen-bond donors (Lipinski definition) is 1. The van der Waals surface area contributed by atoms with Crippen molar-refractivity contribution in [3.63, 3.8) is 0 Å². The number of nitro benzene ring substituents is 1. The minimum Gasteiger partial charge on any atom is -0.494 e. The van der Waals surface area contributed by atoms with Crippen LogP contribution in [0.2, 0.25) is 0 Å². The Morgan fingerprint density at radius 3 is 2.52 bits per heavy atom.